The molecule has 0 spiro atoms. The van der Waals surface area contributed by atoms with E-state index in [0.29, 0.717) is 24.9 Å². The molecule has 5 rings (SSSR count). The molecule has 1 saturated carbocycles. The van der Waals surface area contributed by atoms with Crippen molar-refractivity contribution in [2.24, 2.45) is 5.92 Å². The van der Waals surface area contributed by atoms with Crippen LogP contribution in [0.2, 0.25) is 0 Å². The second-order valence-corrected chi connectivity index (χ2v) is 12.1. The van der Waals surface area contributed by atoms with Crippen molar-refractivity contribution in [3.8, 4) is 0 Å². The summed E-state index contributed by atoms with van der Waals surface area (Å²) in [7, 11) is -3.74. The molecule has 0 radical (unpaired) electrons. The van der Waals surface area contributed by atoms with E-state index in [-0.39, 0.29) is 35.3 Å². The summed E-state index contributed by atoms with van der Waals surface area (Å²) in [5.41, 5.74) is 0.365. The molecule has 1 heterocycles. The Balaban J connectivity index is 1.24. The second kappa shape index (κ2) is 11.2. The number of nitrogens with zero attached hydrogens (tertiary/aromatic N) is 1. The van der Waals surface area contributed by atoms with Gasteiger partial charge < -0.3 is 10.6 Å². The van der Waals surface area contributed by atoms with Gasteiger partial charge in [0.2, 0.25) is 15.9 Å². The van der Waals surface area contributed by atoms with Gasteiger partial charge in [-0.1, -0.05) is 43.2 Å². The summed E-state index contributed by atoms with van der Waals surface area (Å²) in [6.45, 7) is 0.499. The van der Waals surface area contributed by atoms with Crippen LogP contribution in [-0.4, -0.2) is 49.7 Å². The maximum absolute atomic E-state index is 13.4. The number of carbonyl (C=O) groups is 2. The van der Waals surface area contributed by atoms with Gasteiger partial charge in [0.15, 0.2) is 0 Å². The van der Waals surface area contributed by atoms with E-state index in [1.165, 1.54) is 28.6 Å². The summed E-state index contributed by atoms with van der Waals surface area (Å²) in [6, 6.07) is 17.6. The fourth-order valence-electron chi connectivity index (χ4n) is 5.48. The fraction of sp³-hybridized carbons (Fsp3) is 0.379. The van der Waals surface area contributed by atoms with Gasteiger partial charge >= 0.3 is 0 Å². The Labute approximate surface area is 222 Å². The maximum atomic E-state index is 13.4. The Morgan fingerprint density at radius 3 is 2.24 bits per heavy atom. The van der Waals surface area contributed by atoms with Crippen molar-refractivity contribution in [3.63, 3.8) is 0 Å². The first-order chi connectivity index (χ1) is 18.3. The summed E-state index contributed by atoms with van der Waals surface area (Å²) in [6.07, 6.45) is 4.52. The van der Waals surface area contributed by atoms with Crippen LogP contribution in [0.5, 0.6) is 0 Å². The van der Waals surface area contributed by atoms with E-state index < -0.39 is 21.8 Å². The molecule has 3 aromatic rings. The van der Waals surface area contributed by atoms with Crippen LogP contribution >= 0.6 is 0 Å². The van der Waals surface area contributed by atoms with Gasteiger partial charge in [0.05, 0.1) is 10.8 Å². The Bertz CT molecular complexity index is 1430. The minimum Gasteiger partial charge on any atom is -0.351 e. The molecule has 2 aliphatic rings. The third-order valence-electron chi connectivity index (χ3n) is 7.63. The smallest absolute Gasteiger partial charge is 0.251 e. The van der Waals surface area contributed by atoms with Crippen molar-refractivity contribution in [2.75, 3.05) is 13.1 Å². The Hall–Kier alpha value is -3.30. The van der Waals surface area contributed by atoms with Gasteiger partial charge in [-0.3, -0.25) is 9.59 Å². The van der Waals surface area contributed by atoms with Crippen LogP contribution < -0.4 is 10.6 Å². The van der Waals surface area contributed by atoms with Crippen LogP contribution in [0.4, 0.5) is 4.39 Å². The minimum atomic E-state index is -3.74. The number of halogens is 1. The Morgan fingerprint density at radius 1 is 0.816 bits per heavy atom. The zero-order valence-corrected chi connectivity index (χ0v) is 21.9. The highest BCUT2D eigenvalue weighted by Crippen LogP contribution is 2.27. The first-order valence-electron chi connectivity index (χ1n) is 13.2. The van der Waals surface area contributed by atoms with Gasteiger partial charge in [-0.15, -0.1) is 0 Å². The molecular weight excluding hydrogens is 505 g/mol. The lowest BCUT2D eigenvalue weighted by atomic mass is 9.89. The number of hydrogen-bond acceptors (Lipinski definition) is 4. The molecule has 3 aromatic carbocycles. The molecule has 200 valence electrons. The number of rotatable bonds is 6. The molecule has 2 N–H and O–H groups in total. The molecule has 0 aromatic heterocycles. The van der Waals surface area contributed by atoms with Crippen molar-refractivity contribution in [3.05, 3.63) is 78.1 Å². The Kier molecular flexibility index (Phi) is 7.76. The molecule has 2 fully saturated rings. The molecule has 1 aliphatic heterocycles. The van der Waals surface area contributed by atoms with Crippen molar-refractivity contribution >= 4 is 32.6 Å². The number of amides is 2. The number of sulfonamides is 1. The zero-order valence-electron chi connectivity index (χ0n) is 21.1. The van der Waals surface area contributed by atoms with E-state index in [1.54, 1.807) is 18.2 Å². The number of piperidine rings is 1. The van der Waals surface area contributed by atoms with Crippen LogP contribution in [0, 0.1) is 11.7 Å². The van der Waals surface area contributed by atoms with Gasteiger partial charge in [0.25, 0.3) is 5.91 Å². The summed E-state index contributed by atoms with van der Waals surface area (Å²) >= 11 is 0. The van der Waals surface area contributed by atoms with Crippen LogP contribution in [0.3, 0.4) is 0 Å². The van der Waals surface area contributed by atoms with Gasteiger partial charge in [0, 0.05) is 30.7 Å². The summed E-state index contributed by atoms with van der Waals surface area (Å²) in [4.78, 5) is 26.2. The van der Waals surface area contributed by atoms with Gasteiger partial charge in [-0.05, 0) is 72.9 Å². The highest BCUT2D eigenvalue weighted by Gasteiger charge is 2.35. The van der Waals surface area contributed by atoms with Gasteiger partial charge in [-0.2, -0.15) is 4.31 Å². The average Bonchev–Trinajstić information content (AvgIpc) is 2.94. The molecule has 9 heteroatoms. The molecule has 1 aliphatic carbocycles. The highest BCUT2D eigenvalue weighted by atomic mass is 32.2. The molecule has 0 unspecified atom stereocenters. The zero-order chi connectivity index (χ0) is 26.7. The summed E-state index contributed by atoms with van der Waals surface area (Å²) in [5, 5.41) is 7.93. The van der Waals surface area contributed by atoms with Crippen molar-refractivity contribution in [1.29, 1.82) is 0 Å². The van der Waals surface area contributed by atoms with Crippen molar-refractivity contribution < 1.29 is 22.4 Å². The average molecular weight is 538 g/mol. The molecule has 3 atom stereocenters. The molecule has 7 nitrogen and oxygen atoms in total. The molecule has 38 heavy (non-hydrogen) atoms. The lowest BCUT2D eigenvalue weighted by Gasteiger charge is -2.36. The monoisotopic (exact) mass is 537 g/mol. The summed E-state index contributed by atoms with van der Waals surface area (Å²) in [5.74, 6) is -1.36. The number of benzene rings is 3. The van der Waals surface area contributed by atoms with Gasteiger partial charge in [0.1, 0.15) is 5.82 Å². The third kappa shape index (κ3) is 5.73. The maximum Gasteiger partial charge on any atom is 0.251 e. The second-order valence-electron chi connectivity index (χ2n) is 10.2. The minimum absolute atomic E-state index is 0.125. The fourth-order valence-corrected chi connectivity index (χ4v) is 7.04. The standard InChI is InChI=1S/C29H32FN3O4S/c30-24-14-11-21(12-15-24)28(34)31-26-9-3-4-10-27(26)32-29(35)23-8-5-17-33(19-23)38(36,37)25-16-13-20-6-1-2-7-22(20)18-25/h1-2,6-7,11-16,18,23,26-27H,3-5,8-10,17,19H2,(H,31,34)(H,32,35)/t23-,26+,27+/m0/s1. The van der Waals surface area contributed by atoms with E-state index in [9.17, 15) is 22.4 Å². The molecule has 1 saturated heterocycles. The van der Waals surface area contributed by atoms with E-state index in [4.69, 9.17) is 0 Å². The van der Waals surface area contributed by atoms with Crippen LogP contribution in [0.15, 0.2) is 71.6 Å². The predicted octanol–water partition coefficient (Wildman–Crippen LogP) is 4.24. The van der Waals surface area contributed by atoms with E-state index in [0.717, 1.165) is 36.5 Å². The summed E-state index contributed by atoms with van der Waals surface area (Å²) < 4.78 is 41.5. The number of carbonyl (C=O) groups excluding carboxylic acids is 2. The third-order valence-corrected chi connectivity index (χ3v) is 9.49. The quantitative estimate of drug-likeness (QED) is 0.492. The van der Waals surface area contributed by atoms with E-state index >= 15 is 0 Å². The van der Waals surface area contributed by atoms with Crippen LogP contribution in [0.25, 0.3) is 10.8 Å². The van der Waals surface area contributed by atoms with Crippen molar-refractivity contribution in [1.82, 2.24) is 14.9 Å². The van der Waals surface area contributed by atoms with Gasteiger partial charge in [-0.25, -0.2) is 12.8 Å². The number of hydrogen-bond donors (Lipinski definition) is 2. The SMILES string of the molecule is O=C(N[C@@H]1CCCC[C@H]1NC(=O)[C@H]1CCCN(S(=O)(=O)c2ccc3ccccc3c2)C1)c1ccc(F)cc1. The predicted molar refractivity (Wildman–Crippen MR) is 143 cm³/mol. The first kappa shape index (κ1) is 26.3. The molecule has 2 amide bonds. The molecule has 0 bridgehead atoms. The number of fused-ring (bicyclic) bond motifs is 1. The lowest BCUT2D eigenvalue weighted by molar-refractivity contribution is -0.127. The lowest BCUT2D eigenvalue weighted by Crippen LogP contribution is -2.55. The number of nitrogens with one attached hydrogen (secondary N) is 2. The van der Waals surface area contributed by atoms with Crippen LogP contribution in [-0.2, 0) is 14.8 Å². The Morgan fingerprint density at radius 2 is 1.50 bits per heavy atom. The first-order valence-corrected chi connectivity index (χ1v) is 14.6. The van der Waals surface area contributed by atoms with Crippen LogP contribution in [0.1, 0.15) is 48.9 Å². The largest absolute Gasteiger partial charge is 0.351 e. The highest BCUT2D eigenvalue weighted by molar-refractivity contribution is 7.89. The van der Waals surface area contributed by atoms with E-state index in [1.807, 2.05) is 24.3 Å². The topological polar surface area (TPSA) is 95.6 Å². The van der Waals surface area contributed by atoms with E-state index in [2.05, 4.69) is 10.6 Å². The van der Waals surface area contributed by atoms with Crippen molar-refractivity contribution in [2.45, 2.75) is 55.5 Å². The normalized spacial score (nSPS) is 22.6. The molecular formula is C29H32FN3O4S.